The minimum atomic E-state index is -0.792. The molecule has 11 heteroatoms. The van der Waals surface area contributed by atoms with Crippen molar-refractivity contribution in [1.82, 2.24) is 4.57 Å². The molecule has 3 heterocycles. The average Bonchev–Trinajstić information content (AvgIpc) is 3.44. The number of thiazole rings is 1. The molecule has 1 fully saturated rings. The van der Waals surface area contributed by atoms with Crippen molar-refractivity contribution in [3.8, 4) is 0 Å². The lowest BCUT2D eigenvalue weighted by atomic mass is 9.83. The highest BCUT2D eigenvalue weighted by molar-refractivity contribution is 8.00. The van der Waals surface area contributed by atoms with Gasteiger partial charge in [-0.1, -0.05) is 88.8 Å². The van der Waals surface area contributed by atoms with Crippen LogP contribution < -0.4 is 15.1 Å². The molecule has 2 aliphatic heterocycles. The number of rotatable bonds is 5. The van der Waals surface area contributed by atoms with E-state index < -0.39 is 17.1 Å². The van der Waals surface area contributed by atoms with Gasteiger partial charge in [-0.2, -0.15) is 0 Å². The van der Waals surface area contributed by atoms with Gasteiger partial charge in [0.25, 0.3) is 0 Å². The number of imide groups is 1. The molecule has 1 N–H and O–H groups in total. The van der Waals surface area contributed by atoms with Gasteiger partial charge < -0.3 is 5.32 Å². The number of hydrogen-bond donors (Lipinski definition) is 1. The molecule has 4 aromatic carbocycles. The average molecular weight is 647 g/mol. The van der Waals surface area contributed by atoms with E-state index >= 15 is 0 Å². The molecule has 3 amide bonds. The van der Waals surface area contributed by atoms with Crippen LogP contribution in [-0.4, -0.2) is 27.5 Å². The first-order chi connectivity index (χ1) is 20.8. The van der Waals surface area contributed by atoms with Crippen LogP contribution in [0.2, 0.25) is 10.0 Å². The lowest BCUT2D eigenvalue weighted by Gasteiger charge is -2.30. The number of carbonyl (C=O) groups is 3. The molecule has 0 bridgehead atoms. The Kier molecular flexibility index (Phi) is 7.13. The zero-order chi connectivity index (χ0) is 29.8. The van der Waals surface area contributed by atoms with Gasteiger partial charge in [0.1, 0.15) is 11.8 Å². The molecule has 1 aromatic heterocycles. The Labute approximate surface area is 264 Å². The van der Waals surface area contributed by atoms with Crippen molar-refractivity contribution in [2.45, 2.75) is 22.7 Å². The van der Waals surface area contributed by atoms with Gasteiger partial charge in [-0.15, -0.1) is 0 Å². The van der Waals surface area contributed by atoms with E-state index in [-0.39, 0.29) is 29.1 Å². The third kappa shape index (κ3) is 4.96. The van der Waals surface area contributed by atoms with Gasteiger partial charge in [0.2, 0.25) is 17.7 Å². The van der Waals surface area contributed by atoms with Crippen molar-refractivity contribution < 1.29 is 14.4 Å². The van der Waals surface area contributed by atoms with Gasteiger partial charge >= 0.3 is 4.87 Å². The number of aromatic nitrogens is 1. The van der Waals surface area contributed by atoms with Crippen LogP contribution in [0.1, 0.15) is 16.4 Å². The molecule has 2 unspecified atom stereocenters. The number of benzene rings is 4. The van der Waals surface area contributed by atoms with Crippen molar-refractivity contribution in [3.05, 3.63) is 121 Å². The van der Waals surface area contributed by atoms with Crippen LogP contribution in [-0.2, 0) is 20.9 Å². The number of halogens is 2. The van der Waals surface area contributed by atoms with Crippen LogP contribution >= 0.6 is 46.3 Å². The van der Waals surface area contributed by atoms with Crippen LogP contribution in [0.15, 0.2) is 101 Å². The Hall–Kier alpha value is -3.89. The van der Waals surface area contributed by atoms with E-state index in [1.54, 1.807) is 36.4 Å². The van der Waals surface area contributed by atoms with Crippen molar-refractivity contribution >= 4 is 86.2 Å². The maximum Gasteiger partial charge on any atom is 0.308 e. The van der Waals surface area contributed by atoms with Crippen molar-refractivity contribution in [2.75, 3.05) is 10.2 Å². The molecule has 3 atom stereocenters. The topological polar surface area (TPSA) is 88.5 Å². The number of anilines is 2. The molecule has 43 heavy (non-hydrogen) atoms. The summed E-state index contributed by atoms with van der Waals surface area (Å²) < 4.78 is 1.41. The summed E-state index contributed by atoms with van der Waals surface area (Å²) in [4.78, 5) is 55.9. The van der Waals surface area contributed by atoms with Crippen molar-refractivity contribution in [2.24, 2.45) is 5.92 Å². The minimum Gasteiger partial charge on any atom is -0.325 e. The molecular weight excluding hydrogens is 625 g/mol. The summed E-state index contributed by atoms with van der Waals surface area (Å²) in [5.74, 6) is -2.43. The number of carbonyl (C=O) groups excluding carboxylic acids is 3. The summed E-state index contributed by atoms with van der Waals surface area (Å²) in [5.41, 5.74) is 1.80. The smallest absolute Gasteiger partial charge is 0.308 e. The van der Waals surface area contributed by atoms with Gasteiger partial charge in [-0.05, 0) is 64.9 Å². The molecule has 214 valence electrons. The highest BCUT2D eigenvalue weighted by atomic mass is 35.5. The van der Waals surface area contributed by atoms with Gasteiger partial charge in [0.15, 0.2) is 0 Å². The van der Waals surface area contributed by atoms with E-state index in [0.29, 0.717) is 31.3 Å². The fourth-order valence-corrected chi connectivity index (χ4v) is 8.77. The zero-order valence-corrected chi connectivity index (χ0v) is 25.3. The Morgan fingerprint density at radius 1 is 0.814 bits per heavy atom. The fourth-order valence-electron chi connectivity index (χ4n) is 5.74. The molecule has 0 aliphatic carbocycles. The molecule has 1 saturated heterocycles. The second-order valence-corrected chi connectivity index (χ2v) is 13.3. The number of fused-ring (bicyclic) bond motifs is 3. The number of thioether (sulfide) groups is 1. The molecule has 0 spiro atoms. The molecule has 5 aromatic rings. The van der Waals surface area contributed by atoms with Gasteiger partial charge in [0, 0.05) is 26.5 Å². The van der Waals surface area contributed by atoms with Gasteiger partial charge in [0.05, 0.1) is 16.6 Å². The third-order valence-corrected chi connectivity index (χ3v) is 10.8. The van der Waals surface area contributed by atoms with E-state index in [4.69, 9.17) is 23.2 Å². The van der Waals surface area contributed by atoms with Gasteiger partial charge in [-0.25, -0.2) is 4.90 Å². The maximum absolute atomic E-state index is 14.0. The second-order valence-electron chi connectivity index (χ2n) is 10.3. The normalized spacial score (nSPS) is 19.4. The van der Waals surface area contributed by atoms with Crippen LogP contribution in [0, 0.1) is 5.92 Å². The molecule has 7 rings (SSSR count). The molecule has 2 aliphatic rings. The lowest BCUT2D eigenvalue weighted by Crippen LogP contribution is -2.33. The fraction of sp³-hybridized carbons (Fsp3) is 0.125. The quantitative estimate of drug-likeness (QED) is 0.212. The van der Waals surface area contributed by atoms with Gasteiger partial charge in [-0.3, -0.25) is 23.7 Å². The van der Waals surface area contributed by atoms with E-state index in [1.165, 1.54) is 21.2 Å². The maximum atomic E-state index is 14.0. The first-order valence-electron chi connectivity index (χ1n) is 13.4. The summed E-state index contributed by atoms with van der Waals surface area (Å²) in [6.07, 6.45) is 0. The summed E-state index contributed by atoms with van der Waals surface area (Å²) in [6.45, 7) is -0.238. The predicted molar refractivity (Wildman–Crippen MR) is 172 cm³/mol. The number of hydrogen-bond acceptors (Lipinski definition) is 6. The largest absolute Gasteiger partial charge is 0.325 e. The van der Waals surface area contributed by atoms with Crippen LogP contribution in [0.3, 0.4) is 0 Å². The highest BCUT2D eigenvalue weighted by Gasteiger charge is 2.56. The van der Waals surface area contributed by atoms with Crippen LogP contribution in [0.25, 0.3) is 10.8 Å². The van der Waals surface area contributed by atoms with E-state index in [9.17, 15) is 19.2 Å². The Morgan fingerprint density at radius 2 is 1.49 bits per heavy atom. The first-order valence-corrected chi connectivity index (χ1v) is 15.8. The number of nitrogens with one attached hydrogen (secondary N) is 1. The summed E-state index contributed by atoms with van der Waals surface area (Å²) in [6, 6.07) is 27.1. The standard InChI is InChI=1S/C32H21Cl2N3O4S2/c33-20-8-5-18(6-9-20)25-26-27(30(40)37(29(26)39)23-13-10-21(34)11-14-23)42-31-28(25)43-32(41)36(31)16-24(38)35-22-12-7-17-3-1-2-4-19(17)15-22/h1-15,25-27H,16H2,(H,35,38)/t25-,26?,27?/m1/s1. The lowest BCUT2D eigenvalue weighted by molar-refractivity contribution is -0.122. The van der Waals surface area contributed by atoms with Crippen LogP contribution in [0.4, 0.5) is 11.4 Å². The summed E-state index contributed by atoms with van der Waals surface area (Å²) >= 11 is 14.4. The third-order valence-electron chi connectivity index (χ3n) is 7.70. The number of nitrogens with zero attached hydrogens (tertiary/aromatic N) is 2. The second kappa shape index (κ2) is 11.0. The monoisotopic (exact) mass is 645 g/mol. The summed E-state index contributed by atoms with van der Waals surface area (Å²) in [5, 5.41) is 5.66. The van der Waals surface area contributed by atoms with E-state index in [2.05, 4.69) is 5.32 Å². The Balaban J connectivity index is 1.26. The highest BCUT2D eigenvalue weighted by Crippen LogP contribution is 2.54. The number of amides is 3. The van der Waals surface area contributed by atoms with Crippen molar-refractivity contribution in [3.63, 3.8) is 0 Å². The Bertz CT molecular complexity index is 1990. The van der Waals surface area contributed by atoms with Crippen LogP contribution in [0.5, 0.6) is 0 Å². The molecule has 7 nitrogen and oxygen atoms in total. The molecule has 0 saturated carbocycles. The van der Waals surface area contributed by atoms with E-state index in [0.717, 1.165) is 27.7 Å². The SMILES string of the molecule is O=C(Cn1c2c(sc1=O)[C@H](c1ccc(Cl)cc1)C1C(=O)N(c3ccc(Cl)cc3)C(=O)C1S2)Nc1ccc2ccccc2c1. The predicted octanol–water partition coefficient (Wildman–Crippen LogP) is 6.80. The first kappa shape index (κ1) is 27.9. The molecule has 0 radical (unpaired) electrons. The molecular formula is C32H21Cl2N3O4S2. The minimum absolute atomic E-state index is 0.238. The van der Waals surface area contributed by atoms with Crippen molar-refractivity contribution in [1.29, 1.82) is 0 Å². The van der Waals surface area contributed by atoms with E-state index in [1.807, 2.05) is 54.6 Å². The zero-order valence-electron chi connectivity index (χ0n) is 22.2. The Morgan fingerprint density at radius 3 is 2.21 bits per heavy atom. The summed E-state index contributed by atoms with van der Waals surface area (Å²) in [7, 11) is 0.